The second-order valence-electron chi connectivity index (χ2n) is 5.74. The van der Waals surface area contributed by atoms with Crippen LogP contribution >= 0.6 is 0 Å². The lowest BCUT2D eigenvalue weighted by Crippen LogP contribution is -2.26. The molecule has 0 bridgehead atoms. The van der Waals surface area contributed by atoms with Crippen LogP contribution < -0.4 is 5.32 Å². The zero-order valence-electron chi connectivity index (χ0n) is 11.9. The van der Waals surface area contributed by atoms with Gasteiger partial charge >= 0.3 is 6.01 Å². The number of aromatic nitrogens is 3. The molecule has 0 saturated heterocycles. The van der Waals surface area contributed by atoms with Crippen LogP contribution in [0.3, 0.4) is 0 Å². The van der Waals surface area contributed by atoms with Crippen LogP contribution in [0.1, 0.15) is 19.4 Å². The molecule has 3 heterocycles. The van der Waals surface area contributed by atoms with Crippen molar-refractivity contribution in [3.63, 3.8) is 0 Å². The number of nitrogens with one attached hydrogen (secondary N) is 1. The zero-order valence-corrected chi connectivity index (χ0v) is 11.9. The predicted octanol–water partition coefficient (Wildman–Crippen LogP) is 2.22. The topological polar surface area (TPSA) is 101 Å². The fourth-order valence-electron chi connectivity index (χ4n) is 2.55. The highest BCUT2D eigenvalue weighted by Crippen LogP contribution is 2.40. The van der Waals surface area contributed by atoms with Crippen molar-refractivity contribution in [2.45, 2.75) is 19.3 Å². The lowest BCUT2D eigenvalue weighted by Gasteiger charge is -2.14. The SMILES string of the molecule is CC1(C)C(=O)Nc2cc3oc(-c4cnc(O)nc4)nc3cc21. The number of nitrogens with zero attached hydrogens (tertiary/aromatic N) is 3. The summed E-state index contributed by atoms with van der Waals surface area (Å²) in [6, 6.07) is 3.33. The number of anilines is 1. The molecule has 22 heavy (non-hydrogen) atoms. The van der Waals surface area contributed by atoms with Crippen molar-refractivity contribution >= 4 is 22.7 Å². The monoisotopic (exact) mass is 296 g/mol. The first-order chi connectivity index (χ1) is 10.4. The summed E-state index contributed by atoms with van der Waals surface area (Å²) in [5, 5.41) is 12.0. The number of carbonyl (C=O) groups is 1. The summed E-state index contributed by atoms with van der Waals surface area (Å²) in [7, 11) is 0. The van der Waals surface area contributed by atoms with E-state index in [-0.39, 0.29) is 11.9 Å². The van der Waals surface area contributed by atoms with Gasteiger partial charge < -0.3 is 14.8 Å². The third kappa shape index (κ3) is 1.68. The van der Waals surface area contributed by atoms with Gasteiger partial charge in [0.25, 0.3) is 0 Å². The van der Waals surface area contributed by atoms with Crippen molar-refractivity contribution < 1.29 is 14.3 Å². The standard InChI is InChI=1S/C15H12N4O3/c1-15(2)8-3-10-11(4-9(8)19-13(15)20)22-12(18-10)7-5-16-14(21)17-6-7/h3-6H,1-2H3,(H,19,20)(H,16,17,21). The highest BCUT2D eigenvalue weighted by atomic mass is 16.3. The van der Waals surface area contributed by atoms with E-state index in [2.05, 4.69) is 20.3 Å². The second kappa shape index (κ2) is 4.03. The molecule has 0 aliphatic carbocycles. The summed E-state index contributed by atoms with van der Waals surface area (Å²) in [4.78, 5) is 23.8. The Morgan fingerprint density at radius 2 is 1.95 bits per heavy atom. The average molecular weight is 296 g/mol. The molecule has 1 aromatic carbocycles. The highest BCUT2D eigenvalue weighted by Gasteiger charge is 2.39. The summed E-state index contributed by atoms with van der Waals surface area (Å²) >= 11 is 0. The molecule has 0 unspecified atom stereocenters. The van der Waals surface area contributed by atoms with Gasteiger partial charge in [-0.25, -0.2) is 15.0 Å². The number of benzene rings is 1. The van der Waals surface area contributed by atoms with Gasteiger partial charge in [0.15, 0.2) is 5.58 Å². The molecule has 7 heteroatoms. The van der Waals surface area contributed by atoms with E-state index in [4.69, 9.17) is 9.52 Å². The number of aromatic hydroxyl groups is 1. The summed E-state index contributed by atoms with van der Waals surface area (Å²) < 4.78 is 5.70. The predicted molar refractivity (Wildman–Crippen MR) is 78.4 cm³/mol. The molecule has 0 atom stereocenters. The minimum Gasteiger partial charge on any atom is -0.479 e. The molecule has 1 aliphatic rings. The Kier molecular flexibility index (Phi) is 2.34. The summed E-state index contributed by atoms with van der Waals surface area (Å²) in [5.74, 6) is 0.324. The molecule has 0 saturated carbocycles. The molecule has 1 amide bonds. The van der Waals surface area contributed by atoms with Gasteiger partial charge in [0.05, 0.1) is 11.0 Å². The van der Waals surface area contributed by atoms with Gasteiger partial charge in [-0.1, -0.05) is 0 Å². The molecule has 0 fully saturated rings. The Morgan fingerprint density at radius 1 is 1.23 bits per heavy atom. The Balaban J connectivity index is 1.87. The van der Waals surface area contributed by atoms with Gasteiger partial charge in [-0.2, -0.15) is 0 Å². The molecule has 2 N–H and O–H groups in total. The first-order valence-corrected chi connectivity index (χ1v) is 6.73. The maximum Gasteiger partial charge on any atom is 0.313 e. The van der Waals surface area contributed by atoms with Gasteiger partial charge in [-0.15, -0.1) is 0 Å². The van der Waals surface area contributed by atoms with Crippen molar-refractivity contribution in [2.24, 2.45) is 0 Å². The third-order valence-corrected chi connectivity index (χ3v) is 3.90. The van der Waals surface area contributed by atoms with Gasteiger partial charge in [-0.3, -0.25) is 4.79 Å². The largest absolute Gasteiger partial charge is 0.479 e. The lowest BCUT2D eigenvalue weighted by atomic mass is 9.86. The zero-order chi connectivity index (χ0) is 15.5. The minimum absolute atomic E-state index is 0.0395. The molecule has 0 radical (unpaired) electrons. The smallest absolute Gasteiger partial charge is 0.313 e. The van der Waals surface area contributed by atoms with Crippen LogP contribution in [0.25, 0.3) is 22.6 Å². The van der Waals surface area contributed by atoms with Crippen LogP contribution in [0.4, 0.5) is 5.69 Å². The van der Waals surface area contributed by atoms with Crippen molar-refractivity contribution in [3.8, 4) is 17.5 Å². The number of fused-ring (bicyclic) bond motifs is 2. The quantitative estimate of drug-likeness (QED) is 0.714. The number of hydrogen-bond acceptors (Lipinski definition) is 6. The average Bonchev–Trinajstić information content (AvgIpc) is 2.98. The number of hydrogen-bond donors (Lipinski definition) is 2. The van der Waals surface area contributed by atoms with Crippen molar-refractivity contribution in [2.75, 3.05) is 5.32 Å². The molecule has 3 aromatic rings. The number of carbonyl (C=O) groups excluding carboxylic acids is 1. The Hall–Kier alpha value is -2.96. The van der Waals surface area contributed by atoms with E-state index in [1.165, 1.54) is 12.4 Å². The van der Waals surface area contributed by atoms with Crippen LogP contribution in [0.15, 0.2) is 28.9 Å². The van der Waals surface area contributed by atoms with Crippen LogP contribution in [0.5, 0.6) is 6.01 Å². The Labute approximate surface area is 125 Å². The summed E-state index contributed by atoms with van der Waals surface area (Å²) in [6.45, 7) is 3.74. The van der Waals surface area contributed by atoms with Crippen LogP contribution in [-0.4, -0.2) is 26.0 Å². The number of oxazole rings is 1. The molecular formula is C15H12N4O3. The van der Waals surface area contributed by atoms with Gasteiger partial charge in [0.2, 0.25) is 11.8 Å². The van der Waals surface area contributed by atoms with E-state index in [0.717, 1.165) is 11.3 Å². The van der Waals surface area contributed by atoms with E-state index >= 15 is 0 Å². The van der Waals surface area contributed by atoms with Gasteiger partial charge in [-0.05, 0) is 25.5 Å². The number of amides is 1. The van der Waals surface area contributed by atoms with Gasteiger partial charge in [0.1, 0.15) is 5.52 Å². The fraction of sp³-hybridized carbons (Fsp3) is 0.200. The highest BCUT2D eigenvalue weighted by molar-refractivity contribution is 6.07. The first kappa shape index (κ1) is 12.8. The number of rotatable bonds is 1. The normalized spacial score (nSPS) is 15.8. The fourth-order valence-corrected chi connectivity index (χ4v) is 2.55. The van der Waals surface area contributed by atoms with E-state index < -0.39 is 5.41 Å². The van der Waals surface area contributed by atoms with Crippen LogP contribution in [0.2, 0.25) is 0 Å². The van der Waals surface area contributed by atoms with Gasteiger partial charge in [0, 0.05) is 24.1 Å². The van der Waals surface area contributed by atoms with E-state index in [9.17, 15) is 4.79 Å². The Morgan fingerprint density at radius 3 is 2.68 bits per heavy atom. The molecular weight excluding hydrogens is 284 g/mol. The third-order valence-electron chi connectivity index (χ3n) is 3.90. The summed E-state index contributed by atoms with van der Waals surface area (Å²) in [6.07, 6.45) is 2.87. The lowest BCUT2D eigenvalue weighted by molar-refractivity contribution is -0.119. The van der Waals surface area contributed by atoms with E-state index in [1.807, 2.05) is 19.9 Å². The first-order valence-electron chi connectivity index (χ1n) is 6.73. The summed E-state index contributed by atoms with van der Waals surface area (Å²) in [5.41, 5.74) is 2.84. The van der Waals surface area contributed by atoms with Crippen molar-refractivity contribution in [1.82, 2.24) is 15.0 Å². The molecule has 2 aromatic heterocycles. The van der Waals surface area contributed by atoms with Crippen LogP contribution in [0, 0.1) is 0 Å². The molecule has 0 spiro atoms. The second-order valence-corrected chi connectivity index (χ2v) is 5.74. The van der Waals surface area contributed by atoms with E-state index in [0.29, 0.717) is 22.6 Å². The Bertz CT molecular complexity index is 912. The van der Waals surface area contributed by atoms with Crippen molar-refractivity contribution in [3.05, 3.63) is 30.1 Å². The maximum absolute atomic E-state index is 12.0. The van der Waals surface area contributed by atoms with Crippen molar-refractivity contribution in [1.29, 1.82) is 0 Å². The van der Waals surface area contributed by atoms with E-state index in [1.54, 1.807) is 6.07 Å². The molecule has 1 aliphatic heterocycles. The maximum atomic E-state index is 12.0. The van der Waals surface area contributed by atoms with Crippen LogP contribution in [-0.2, 0) is 10.2 Å². The molecule has 4 rings (SSSR count). The minimum atomic E-state index is -0.593. The molecule has 110 valence electrons. The molecule has 7 nitrogen and oxygen atoms in total.